The minimum absolute atomic E-state index is 0.223. The maximum atomic E-state index is 12.3. The number of ether oxygens (including phenoxy) is 4. The van der Waals surface area contributed by atoms with Gasteiger partial charge in [-0.25, -0.2) is 10.2 Å². The van der Waals surface area contributed by atoms with Gasteiger partial charge < -0.3 is 18.9 Å². The van der Waals surface area contributed by atoms with Crippen LogP contribution in [0, 0.1) is 0 Å². The van der Waals surface area contributed by atoms with Gasteiger partial charge in [0.05, 0.1) is 25.5 Å². The molecule has 8 heteroatoms. The van der Waals surface area contributed by atoms with Crippen LogP contribution < -0.4 is 24.4 Å². The molecule has 0 aromatic heterocycles. The third-order valence-corrected chi connectivity index (χ3v) is 4.31. The number of methoxy groups -OCH3 is 1. The molecule has 1 amide bonds. The molecule has 1 N–H and O–H groups in total. The normalized spacial score (nSPS) is 10.5. The molecule has 0 aliphatic rings. The Labute approximate surface area is 191 Å². The summed E-state index contributed by atoms with van der Waals surface area (Å²) in [5, 5.41) is 3.93. The molecule has 0 aliphatic carbocycles. The summed E-state index contributed by atoms with van der Waals surface area (Å²) in [7, 11) is 1.47. The van der Waals surface area contributed by atoms with Crippen molar-refractivity contribution in [2.45, 2.75) is 6.92 Å². The van der Waals surface area contributed by atoms with Gasteiger partial charge in [-0.3, -0.25) is 4.79 Å². The van der Waals surface area contributed by atoms with E-state index in [1.165, 1.54) is 13.3 Å². The van der Waals surface area contributed by atoms with Gasteiger partial charge in [-0.05, 0) is 55.0 Å². The molecule has 0 unspecified atom stereocenters. The molecule has 0 spiro atoms. The van der Waals surface area contributed by atoms with E-state index in [9.17, 15) is 9.59 Å². The van der Waals surface area contributed by atoms with Crippen LogP contribution in [0.1, 0.15) is 22.8 Å². The first-order valence-electron chi connectivity index (χ1n) is 10.2. The van der Waals surface area contributed by atoms with Crippen LogP contribution in [0.5, 0.6) is 23.0 Å². The first kappa shape index (κ1) is 23.3. The molecule has 3 aromatic rings. The number of nitrogens with one attached hydrogen (secondary N) is 1. The number of amides is 1. The van der Waals surface area contributed by atoms with Crippen LogP contribution in [0.3, 0.4) is 0 Å². The van der Waals surface area contributed by atoms with Crippen LogP contribution in [0.25, 0.3) is 0 Å². The standard InChI is InChI=1S/C25H24N2O6/c1-3-31-20-11-7-8-12-21(20)32-17-24(28)27-26-16-18-13-14-22(23(15-18)30-2)33-25(29)19-9-5-4-6-10-19/h4-16H,3,17H2,1-2H3,(H,27,28)/b26-16-. The fourth-order valence-corrected chi connectivity index (χ4v) is 2.78. The van der Waals surface area contributed by atoms with Gasteiger partial charge in [0, 0.05) is 0 Å². The second kappa shape index (κ2) is 11.9. The van der Waals surface area contributed by atoms with Crippen molar-refractivity contribution in [2.75, 3.05) is 20.3 Å². The second-order valence-electron chi connectivity index (χ2n) is 6.63. The maximum absolute atomic E-state index is 12.3. The molecule has 33 heavy (non-hydrogen) atoms. The van der Waals surface area contributed by atoms with Crippen molar-refractivity contribution in [3.05, 3.63) is 83.9 Å². The Morgan fingerprint density at radius 3 is 2.27 bits per heavy atom. The molecule has 0 radical (unpaired) electrons. The lowest BCUT2D eigenvalue weighted by atomic mass is 10.2. The van der Waals surface area contributed by atoms with Crippen LogP contribution in [0.4, 0.5) is 0 Å². The van der Waals surface area contributed by atoms with Crippen LogP contribution in [-0.2, 0) is 4.79 Å². The van der Waals surface area contributed by atoms with E-state index in [1.807, 2.05) is 19.1 Å². The molecule has 0 aliphatic heterocycles. The third kappa shape index (κ3) is 6.83. The fourth-order valence-electron chi connectivity index (χ4n) is 2.78. The predicted octanol–water partition coefficient (Wildman–Crippen LogP) is 3.84. The Hall–Kier alpha value is -4.33. The smallest absolute Gasteiger partial charge is 0.343 e. The summed E-state index contributed by atoms with van der Waals surface area (Å²) in [6.07, 6.45) is 1.44. The number of hydrazone groups is 1. The molecule has 0 fully saturated rings. The topological polar surface area (TPSA) is 95.5 Å². The number of carbonyl (C=O) groups excluding carboxylic acids is 2. The predicted molar refractivity (Wildman–Crippen MR) is 123 cm³/mol. The van der Waals surface area contributed by atoms with Crippen molar-refractivity contribution >= 4 is 18.1 Å². The molecule has 170 valence electrons. The summed E-state index contributed by atoms with van der Waals surface area (Å²) < 4.78 is 21.7. The molecule has 3 rings (SSSR count). The van der Waals surface area contributed by atoms with Gasteiger partial charge in [0.25, 0.3) is 5.91 Å². The number of rotatable bonds is 10. The minimum atomic E-state index is -0.492. The number of hydrogen-bond donors (Lipinski definition) is 1. The van der Waals surface area contributed by atoms with Gasteiger partial charge in [0.2, 0.25) is 0 Å². The zero-order valence-electron chi connectivity index (χ0n) is 18.3. The highest BCUT2D eigenvalue weighted by atomic mass is 16.6. The fraction of sp³-hybridized carbons (Fsp3) is 0.160. The van der Waals surface area contributed by atoms with Gasteiger partial charge in [-0.15, -0.1) is 0 Å². The van der Waals surface area contributed by atoms with Gasteiger partial charge >= 0.3 is 5.97 Å². The van der Waals surface area contributed by atoms with Crippen LogP contribution in [0.15, 0.2) is 77.9 Å². The Kier molecular flexibility index (Phi) is 8.41. The molecule has 0 atom stereocenters. The number of para-hydroxylation sites is 2. The number of hydrogen-bond acceptors (Lipinski definition) is 7. The zero-order chi connectivity index (χ0) is 23.5. The highest BCUT2D eigenvalue weighted by molar-refractivity contribution is 5.91. The quantitative estimate of drug-likeness (QED) is 0.219. The first-order chi connectivity index (χ1) is 16.1. The van der Waals surface area contributed by atoms with Crippen molar-refractivity contribution in [3.63, 3.8) is 0 Å². The van der Waals surface area contributed by atoms with Crippen LogP contribution in [0.2, 0.25) is 0 Å². The summed E-state index contributed by atoms with van der Waals surface area (Å²) in [5.74, 6) is 0.742. The number of nitrogens with zero attached hydrogens (tertiary/aromatic N) is 1. The molecule has 3 aromatic carbocycles. The molecule has 0 saturated heterocycles. The lowest BCUT2D eigenvalue weighted by Gasteiger charge is -2.11. The first-order valence-corrected chi connectivity index (χ1v) is 10.2. The van der Waals surface area contributed by atoms with E-state index in [2.05, 4.69) is 10.5 Å². The number of benzene rings is 3. The summed E-state index contributed by atoms with van der Waals surface area (Å²) in [4.78, 5) is 24.3. The molecular weight excluding hydrogens is 424 g/mol. The lowest BCUT2D eigenvalue weighted by molar-refractivity contribution is -0.123. The van der Waals surface area contributed by atoms with Crippen molar-refractivity contribution in [2.24, 2.45) is 5.10 Å². The second-order valence-corrected chi connectivity index (χ2v) is 6.63. The molecule has 8 nitrogen and oxygen atoms in total. The molecule has 0 bridgehead atoms. The van der Waals surface area contributed by atoms with Crippen molar-refractivity contribution in [1.29, 1.82) is 0 Å². The van der Waals surface area contributed by atoms with E-state index in [1.54, 1.807) is 60.7 Å². The third-order valence-electron chi connectivity index (χ3n) is 4.31. The average Bonchev–Trinajstić information content (AvgIpc) is 2.85. The van der Waals surface area contributed by atoms with E-state index in [0.29, 0.717) is 35.0 Å². The van der Waals surface area contributed by atoms with E-state index in [0.717, 1.165) is 0 Å². The van der Waals surface area contributed by atoms with Gasteiger partial charge in [-0.1, -0.05) is 30.3 Å². The van der Waals surface area contributed by atoms with Crippen molar-refractivity contribution in [1.82, 2.24) is 5.43 Å². The van der Waals surface area contributed by atoms with Gasteiger partial charge in [0.1, 0.15) is 0 Å². The summed E-state index contributed by atoms with van der Waals surface area (Å²) >= 11 is 0. The summed E-state index contributed by atoms with van der Waals surface area (Å²) in [6, 6.07) is 20.7. The van der Waals surface area contributed by atoms with Crippen molar-refractivity contribution in [3.8, 4) is 23.0 Å². The Morgan fingerprint density at radius 2 is 1.58 bits per heavy atom. The van der Waals surface area contributed by atoms with E-state index in [4.69, 9.17) is 18.9 Å². The lowest BCUT2D eigenvalue weighted by Crippen LogP contribution is -2.24. The van der Waals surface area contributed by atoms with Gasteiger partial charge in [-0.2, -0.15) is 5.10 Å². The number of carbonyl (C=O) groups is 2. The number of esters is 1. The van der Waals surface area contributed by atoms with Crippen LogP contribution >= 0.6 is 0 Å². The van der Waals surface area contributed by atoms with E-state index >= 15 is 0 Å². The average molecular weight is 448 g/mol. The Bertz CT molecular complexity index is 1110. The van der Waals surface area contributed by atoms with Crippen molar-refractivity contribution < 1.29 is 28.5 Å². The Morgan fingerprint density at radius 1 is 0.879 bits per heavy atom. The minimum Gasteiger partial charge on any atom is -0.493 e. The van der Waals surface area contributed by atoms with Gasteiger partial charge in [0.15, 0.2) is 29.6 Å². The summed E-state index contributed by atoms with van der Waals surface area (Å²) in [5.41, 5.74) is 3.46. The van der Waals surface area contributed by atoms with Crippen LogP contribution in [-0.4, -0.2) is 38.4 Å². The molecule has 0 heterocycles. The van der Waals surface area contributed by atoms with E-state index in [-0.39, 0.29) is 12.4 Å². The highest BCUT2D eigenvalue weighted by Crippen LogP contribution is 2.28. The van der Waals surface area contributed by atoms with E-state index < -0.39 is 11.9 Å². The highest BCUT2D eigenvalue weighted by Gasteiger charge is 2.12. The molecular formula is C25H24N2O6. The maximum Gasteiger partial charge on any atom is 0.343 e. The molecule has 0 saturated carbocycles. The Balaban J connectivity index is 1.55. The largest absolute Gasteiger partial charge is 0.493 e. The zero-order valence-corrected chi connectivity index (χ0v) is 18.3. The SMILES string of the molecule is CCOc1ccccc1OCC(=O)N/N=C\c1ccc(OC(=O)c2ccccc2)c(OC)c1. The monoisotopic (exact) mass is 448 g/mol. The summed E-state index contributed by atoms with van der Waals surface area (Å²) in [6.45, 7) is 2.14.